The predicted molar refractivity (Wildman–Crippen MR) is 69.9 cm³/mol. The number of urea groups is 1. The molecule has 0 radical (unpaired) electrons. The molecule has 4 N–H and O–H groups in total. The van der Waals surface area contributed by atoms with Crippen LogP contribution in [0.4, 0.5) is 4.79 Å². The first kappa shape index (κ1) is 14.3. The summed E-state index contributed by atoms with van der Waals surface area (Å²) in [7, 11) is 0. The van der Waals surface area contributed by atoms with E-state index in [-0.39, 0.29) is 0 Å². The fourth-order valence-corrected chi connectivity index (χ4v) is 2.42. The molecule has 5 heteroatoms. The van der Waals surface area contributed by atoms with E-state index in [2.05, 4.69) is 29.4 Å². The molecule has 0 aromatic carbocycles. The van der Waals surface area contributed by atoms with Gasteiger partial charge >= 0.3 is 6.03 Å². The Bertz CT molecular complexity index is 227. The molecule has 0 spiro atoms. The standard InChI is InChI=1S/C12H26N4O/c1-3-16-8-4-11(5-9-16)10(2)14-6-7-15-12(13)17/h10-11,14H,3-9H2,1-2H3,(H3,13,15,17). The second-order valence-corrected chi connectivity index (χ2v) is 4.81. The van der Waals surface area contributed by atoms with Crippen molar-refractivity contribution in [3.8, 4) is 0 Å². The molecule has 0 aromatic rings. The van der Waals surface area contributed by atoms with Crippen molar-refractivity contribution in [2.24, 2.45) is 11.7 Å². The molecule has 0 saturated carbocycles. The lowest BCUT2D eigenvalue weighted by Gasteiger charge is -2.34. The number of hydrogen-bond donors (Lipinski definition) is 3. The minimum absolute atomic E-state index is 0.448. The second kappa shape index (κ2) is 7.50. The third-order valence-corrected chi connectivity index (χ3v) is 3.68. The average molecular weight is 242 g/mol. The SMILES string of the molecule is CCN1CCC(C(C)NCCNC(N)=O)CC1. The maximum atomic E-state index is 10.5. The highest BCUT2D eigenvalue weighted by Crippen LogP contribution is 2.20. The van der Waals surface area contributed by atoms with Gasteiger partial charge in [0.05, 0.1) is 0 Å². The van der Waals surface area contributed by atoms with Gasteiger partial charge in [-0.25, -0.2) is 4.79 Å². The highest BCUT2D eigenvalue weighted by molar-refractivity contribution is 5.71. The van der Waals surface area contributed by atoms with E-state index < -0.39 is 6.03 Å². The van der Waals surface area contributed by atoms with Gasteiger partial charge in [0.1, 0.15) is 0 Å². The number of hydrogen-bond acceptors (Lipinski definition) is 3. The minimum atomic E-state index is -0.448. The number of rotatable bonds is 6. The van der Waals surface area contributed by atoms with Crippen LogP contribution in [-0.4, -0.2) is 49.7 Å². The third kappa shape index (κ3) is 5.37. The quantitative estimate of drug-likeness (QED) is 0.589. The zero-order valence-electron chi connectivity index (χ0n) is 11.0. The summed E-state index contributed by atoms with van der Waals surface area (Å²) in [5.41, 5.74) is 5.00. The largest absolute Gasteiger partial charge is 0.352 e. The molecule has 1 aliphatic rings. The van der Waals surface area contributed by atoms with E-state index in [1.54, 1.807) is 0 Å². The summed E-state index contributed by atoms with van der Waals surface area (Å²) < 4.78 is 0. The highest BCUT2D eigenvalue weighted by atomic mass is 16.2. The molecule has 0 bridgehead atoms. The van der Waals surface area contributed by atoms with Crippen LogP contribution in [0.1, 0.15) is 26.7 Å². The van der Waals surface area contributed by atoms with Crippen LogP contribution in [0.3, 0.4) is 0 Å². The van der Waals surface area contributed by atoms with Crippen molar-refractivity contribution in [3.05, 3.63) is 0 Å². The molecule has 1 atom stereocenters. The van der Waals surface area contributed by atoms with Crippen LogP contribution in [0.15, 0.2) is 0 Å². The van der Waals surface area contributed by atoms with Crippen LogP contribution in [0.2, 0.25) is 0 Å². The number of nitrogens with zero attached hydrogens (tertiary/aromatic N) is 1. The fourth-order valence-electron chi connectivity index (χ4n) is 2.42. The zero-order chi connectivity index (χ0) is 12.7. The summed E-state index contributed by atoms with van der Waals surface area (Å²) >= 11 is 0. The molecule has 1 heterocycles. The van der Waals surface area contributed by atoms with Crippen molar-refractivity contribution in [2.45, 2.75) is 32.7 Å². The monoisotopic (exact) mass is 242 g/mol. The Morgan fingerprint density at radius 3 is 2.59 bits per heavy atom. The molecule has 5 nitrogen and oxygen atoms in total. The van der Waals surface area contributed by atoms with Gasteiger partial charge in [0, 0.05) is 19.1 Å². The van der Waals surface area contributed by atoms with Gasteiger partial charge in [-0.3, -0.25) is 0 Å². The Kier molecular flexibility index (Phi) is 6.29. The summed E-state index contributed by atoms with van der Waals surface area (Å²) in [4.78, 5) is 13.0. The van der Waals surface area contributed by atoms with E-state index in [4.69, 9.17) is 5.73 Å². The molecule has 2 amide bonds. The van der Waals surface area contributed by atoms with Crippen LogP contribution in [0.5, 0.6) is 0 Å². The maximum absolute atomic E-state index is 10.5. The summed E-state index contributed by atoms with van der Waals surface area (Å²) in [6.45, 7) is 9.44. The smallest absolute Gasteiger partial charge is 0.312 e. The Hall–Kier alpha value is -0.810. The number of piperidine rings is 1. The zero-order valence-corrected chi connectivity index (χ0v) is 11.0. The van der Waals surface area contributed by atoms with Crippen LogP contribution in [0.25, 0.3) is 0 Å². The summed E-state index contributed by atoms with van der Waals surface area (Å²) in [5, 5.41) is 6.04. The summed E-state index contributed by atoms with van der Waals surface area (Å²) in [5.74, 6) is 0.756. The minimum Gasteiger partial charge on any atom is -0.352 e. The van der Waals surface area contributed by atoms with Gasteiger partial charge in [0.2, 0.25) is 0 Å². The van der Waals surface area contributed by atoms with E-state index in [0.717, 1.165) is 19.0 Å². The first-order valence-electron chi connectivity index (χ1n) is 6.62. The van der Waals surface area contributed by atoms with Crippen LogP contribution in [-0.2, 0) is 0 Å². The average Bonchev–Trinajstić information content (AvgIpc) is 2.34. The molecule has 1 aliphatic heterocycles. The van der Waals surface area contributed by atoms with E-state index in [0.29, 0.717) is 12.6 Å². The van der Waals surface area contributed by atoms with E-state index in [1.807, 2.05) is 0 Å². The normalized spacial score (nSPS) is 20.1. The maximum Gasteiger partial charge on any atom is 0.312 e. The van der Waals surface area contributed by atoms with Gasteiger partial charge in [-0.15, -0.1) is 0 Å². The Morgan fingerprint density at radius 2 is 2.06 bits per heavy atom. The van der Waals surface area contributed by atoms with Crippen molar-refractivity contribution in [1.82, 2.24) is 15.5 Å². The number of primary amides is 1. The van der Waals surface area contributed by atoms with Crippen LogP contribution >= 0.6 is 0 Å². The van der Waals surface area contributed by atoms with Gasteiger partial charge in [0.25, 0.3) is 0 Å². The first-order chi connectivity index (χ1) is 8.13. The lowest BCUT2D eigenvalue weighted by atomic mass is 9.90. The number of carbonyl (C=O) groups is 1. The molecule has 1 fully saturated rings. The van der Waals surface area contributed by atoms with Gasteiger partial charge in [-0.2, -0.15) is 0 Å². The van der Waals surface area contributed by atoms with E-state index in [9.17, 15) is 4.79 Å². The second-order valence-electron chi connectivity index (χ2n) is 4.81. The highest BCUT2D eigenvalue weighted by Gasteiger charge is 2.22. The fraction of sp³-hybridized carbons (Fsp3) is 0.917. The van der Waals surface area contributed by atoms with Crippen LogP contribution in [0, 0.1) is 5.92 Å². The van der Waals surface area contributed by atoms with Crippen molar-refractivity contribution in [1.29, 1.82) is 0 Å². The molecule has 100 valence electrons. The number of amides is 2. The topological polar surface area (TPSA) is 70.4 Å². The molecule has 17 heavy (non-hydrogen) atoms. The van der Waals surface area contributed by atoms with Gasteiger partial charge in [-0.05, 0) is 45.3 Å². The first-order valence-corrected chi connectivity index (χ1v) is 6.62. The van der Waals surface area contributed by atoms with E-state index >= 15 is 0 Å². The number of carbonyl (C=O) groups excluding carboxylic acids is 1. The molecule has 1 saturated heterocycles. The summed E-state index contributed by atoms with van der Waals surface area (Å²) in [6, 6.07) is 0.0689. The van der Waals surface area contributed by atoms with Crippen molar-refractivity contribution < 1.29 is 4.79 Å². The van der Waals surface area contributed by atoms with Gasteiger partial charge < -0.3 is 21.3 Å². The number of likely N-dealkylation sites (tertiary alicyclic amines) is 1. The van der Waals surface area contributed by atoms with Crippen LogP contribution < -0.4 is 16.4 Å². The molecule has 0 aliphatic carbocycles. The molecule has 0 aromatic heterocycles. The van der Waals surface area contributed by atoms with E-state index in [1.165, 1.54) is 25.9 Å². The van der Waals surface area contributed by atoms with Crippen molar-refractivity contribution in [2.75, 3.05) is 32.7 Å². The number of nitrogens with two attached hydrogens (primary N) is 1. The van der Waals surface area contributed by atoms with Crippen molar-refractivity contribution >= 4 is 6.03 Å². The summed E-state index contributed by atoms with van der Waals surface area (Å²) in [6.07, 6.45) is 2.54. The predicted octanol–water partition coefficient (Wildman–Crippen LogP) is 0.365. The molecule has 1 rings (SSSR count). The van der Waals surface area contributed by atoms with Gasteiger partial charge in [-0.1, -0.05) is 6.92 Å². The third-order valence-electron chi connectivity index (χ3n) is 3.68. The number of nitrogens with one attached hydrogen (secondary N) is 2. The lowest BCUT2D eigenvalue weighted by Crippen LogP contribution is -2.44. The van der Waals surface area contributed by atoms with Crippen molar-refractivity contribution in [3.63, 3.8) is 0 Å². The Morgan fingerprint density at radius 1 is 1.41 bits per heavy atom. The molecule has 1 unspecified atom stereocenters. The lowest BCUT2D eigenvalue weighted by molar-refractivity contribution is 0.169. The van der Waals surface area contributed by atoms with Gasteiger partial charge in [0.15, 0.2) is 0 Å². The molecular weight excluding hydrogens is 216 g/mol. The Labute approximate surface area is 104 Å². The molecular formula is C12H26N4O. The Balaban J connectivity index is 2.11.